The number of hydrogen-bond donors (Lipinski definition) is 2. The van der Waals surface area contributed by atoms with Crippen LogP contribution in [0.15, 0.2) is 12.1 Å². The number of likely N-dealkylation sites (N-methyl/N-ethyl adjacent to an activating group) is 1. The van der Waals surface area contributed by atoms with E-state index in [-0.39, 0.29) is 0 Å². The van der Waals surface area contributed by atoms with Gasteiger partial charge in [-0.25, -0.2) is 0 Å². The quantitative estimate of drug-likeness (QED) is 0.647. The third kappa shape index (κ3) is 1.24. The van der Waals surface area contributed by atoms with Gasteiger partial charge in [-0.1, -0.05) is 0 Å². The summed E-state index contributed by atoms with van der Waals surface area (Å²) < 4.78 is 0. The predicted octanol–water partition coefficient (Wildman–Crippen LogP) is 1.47. The Bertz CT molecular complexity index is 427. The van der Waals surface area contributed by atoms with Crippen molar-refractivity contribution in [1.82, 2.24) is 5.32 Å². The van der Waals surface area contributed by atoms with Gasteiger partial charge in [0.25, 0.3) is 0 Å². The van der Waals surface area contributed by atoms with Gasteiger partial charge in [0.1, 0.15) is 0 Å². The summed E-state index contributed by atoms with van der Waals surface area (Å²) in [5, 5.41) is 3.49. The summed E-state index contributed by atoms with van der Waals surface area (Å²) in [4.78, 5) is 2.45. The second kappa shape index (κ2) is 3.39. The van der Waals surface area contributed by atoms with E-state index in [9.17, 15) is 0 Å². The molecular weight excluding hydrogens is 198 g/mol. The minimum absolute atomic E-state index is 0.621. The molecule has 3 N–H and O–H groups in total. The van der Waals surface area contributed by atoms with Crippen LogP contribution in [0.4, 0.5) is 11.4 Å². The van der Waals surface area contributed by atoms with Crippen LogP contribution < -0.4 is 16.0 Å². The lowest BCUT2D eigenvalue weighted by molar-refractivity contribution is 0.413. The molecule has 16 heavy (non-hydrogen) atoms. The van der Waals surface area contributed by atoms with Crippen LogP contribution in [0.1, 0.15) is 23.5 Å². The Morgan fingerprint density at radius 3 is 3.06 bits per heavy atom. The number of aryl methyl sites for hydroxylation is 1. The number of nitrogen functional groups attached to an aromatic ring is 1. The minimum Gasteiger partial charge on any atom is -0.399 e. The number of benzene rings is 1. The Labute approximate surface area is 96.6 Å². The molecule has 86 valence electrons. The maximum Gasteiger partial charge on any atom is 0.0434 e. The minimum atomic E-state index is 0.621. The van der Waals surface area contributed by atoms with Gasteiger partial charge >= 0.3 is 0 Å². The van der Waals surface area contributed by atoms with Crippen LogP contribution >= 0.6 is 0 Å². The summed E-state index contributed by atoms with van der Waals surface area (Å²) in [6.45, 7) is 4.38. The van der Waals surface area contributed by atoms with Gasteiger partial charge in [-0.05, 0) is 43.1 Å². The highest BCUT2D eigenvalue weighted by atomic mass is 15.2. The Hall–Kier alpha value is -1.22. The third-order valence-corrected chi connectivity index (χ3v) is 4.05. The lowest BCUT2D eigenvalue weighted by atomic mass is 9.89. The van der Waals surface area contributed by atoms with Crippen molar-refractivity contribution >= 4 is 11.4 Å². The second-order valence-corrected chi connectivity index (χ2v) is 5.05. The number of nitrogens with zero attached hydrogens (tertiary/aromatic N) is 1. The fourth-order valence-corrected chi connectivity index (χ4v) is 3.39. The van der Waals surface area contributed by atoms with Gasteiger partial charge < -0.3 is 16.0 Å². The molecule has 1 aromatic rings. The number of hydrogen-bond acceptors (Lipinski definition) is 3. The molecule has 1 aromatic carbocycles. The van der Waals surface area contributed by atoms with Gasteiger partial charge in [0.15, 0.2) is 0 Å². The molecule has 3 rings (SSSR count). The molecule has 1 saturated heterocycles. The Kier molecular flexibility index (Phi) is 2.11. The zero-order chi connectivity index (χ0) is 11.3. The van der Waals surface area contributed by atoms with Crippen LogP contribution in [-0.4, -0.2) is 26.2 Å². The third-order valence-electron chi connectivity index (χ3n) is 4.05. The summed E-state index contributed by atoms with van der Waals surface area (Å²) in [5.74, 6) is 0.621. The molecule has 3 nitrogen and oxygen atoms in total. The van der Waals surface area contributed by atoms with Gasteiger partial charge in [-0.2, -0.15) is 0 Å². The van der Waals surface area contributed by atoms with Crippen molar-refractivity contribution < 1.29 is 0 Å². The van der Waals surface area contributed by atoms with Crippen LogP contribution in [0.5, 0.6) is 0 Å². The van der Waals surface area contributed by atoms with E-state index < -0.39 is 0 Å². The number of nitrogens with two attached hydrogens (primary N) is 1. The van der Waals surface area contributed by atoms with Crippen molar-refractivity contribution in [3.05, 3.63) is 23.3 Å². The Morgan fingerprint density at radius 1 is 1.44 bits per heavy atom. The number of piperidine rings is 1. The van der Waals surface area contributed by atoms with Crippen LogP contribution in [-0.2, 0) is 0 Å². The van der Waals surface area contributed by atoms with Gasteiger partial charge in [-0.3, -0.25) is 0 Å². The average Bonchev–Trinajstić information content (AvgIpc) is 2.54. The van der Waals surface area contributed by atoms with Crippen LogP contribution in [0, 0.1) is 6.92 Å². The first-order valence-electron chi connectivity index (χ1n) is 6.02. The molecule has 0 aromatic heterocycles. The van der Waals surface area contributed by atoms with Gasteiger partial charge in [0.05, 0.1) is 0 Å². The molecule has 0 saturated carbocycles. The molecule has 0 bridgehead atoms. The highest BCUT2D eigenvalue weighted by Crippen LogP contribution is 2.44. The number of nitrogens with one attached hydrogen (secondary N) is 1. The van der Waals surface area contributed by atoms with Crippen molar-refractivity contribution in [3.63, 3.8) is 0 Å². The summed E-state index contributed by atoms with van der Waals surface area (Å²) in [6.07, 6.45) is 1.23. The van der Waals surface area contributed by atoms with E-state index in [0.717, 1.165) is 18.8 Å². The molecule has 0 unspecified atom stereocenters. The van der Waals surface area contributed by atoms with Crippen LogP contribution in [0.2, 0.25) is 0 Å². The van der Waals surface area contributed by atoms with Gasteiger partial charge in [0.2, 0.25) is 0 Å². The normalized spacial score (nSPS) is 27.8. The molecule has 0 aliphatic carbocycles. The smallest absolute Gasteiger partial charge is 0.0434 e. The molecule has 2 aliphatic heterocycles. The first-order chi connectivity index (χ1) is 7.68. The number of rotatable bonds is 0. The van der Waals surface area contributed by atoms with Crippen molar-refractivity contribution in [2.45, 2.75) is 25.3 Å². The highest BCUT2D eigenvalue weighted by Gasteiger charge is 2.38. The Morgan fingerprint density at radius 2 is 2.25 bits per heavy atom. The molecular formula is C13H19N3. The van der Waals surface area contributed by atoms with E-state index in [1.54, 1.807) is 0 Å². The lowest BCUT2D eigenvalue weighted by Crippen LogP contribution is -2.42. The summed E-state index contributed by atoms with van der Waals surface area (Å²) in [5.41, 5.74) is 11.0. The molecule has 2 atom stereocenters. The molecule has 2 aliphatic rings. The molecule has 0 amide bonds. The van der Waals surface area contributed by atoms with Crippen molar-refractivity contribution in [2.24, 2.45) is 0 Å². The first-order valence-corrected chi connectivity index (χ1v) is 6.02. The van der Waals surface area contributed by atoms with Crippen molar-refractivity contribution in [2.75, 3.05) is 30.8 Å². The fraction of sp³-hybridized carbons (Fsp3) is 0.538. The standard InChI is InChI=1S/C13H19N3/c1-8-5-9(14)6-10-11-7-15-4-3-12(11)16(2)13(8)10/h5-6,11-12,15H,3-4,7,14H2,1-2H3/t11-,12-/m0/s1. The summed E-state index contributed by atoms with van der Waals surface area (Å²) in [6, 6.07) is 4.91. The topological polar surface area (TPSA) is 41.3 Å². The average molecular weight is 217 g/mol. The zero-order valence-electron chi connectivity index (χ0n) is 9.96. The Balaban J connectivity index is 2.13. The van der Waals surface area contributed by atoms with E-state index in [4.69, 9.17) is 5.73 Å². The van der Waals surface area contributed by atoms with Gasteiger partial charge in [-0.15, -0.1) is 0 Å². The van der Waals surface area contributed by atoms with Gasteiger partial charge in [0, 0.05) is 36.9 Å². The van der Waals surface area contributed by atoms with Crippen LogP contribution in [0.25, 0.3) is 0 Å². The first kappa shape index (κ1) is 9.97. The largest absolute Gasteiger partial charge is 0.399 e. The number of anilines is 2. The highest BCUT2D eigenvalue weighted by molar-refractivity contribution is 5.70. The zero-order valence-corrected chi connectivity index (χ0v) is 9.96. The summed E-state index contributed by atoms with van der Waals surface area (Å²) in [7, 11) is 2.22. The SMILES string of the molecule is Cc1cc(N)cc2c1N(C)[C@H]1CCNC[C@@H]21. The fourth-order valence-electron chi connectivity index (χ4n) is 3.39. The second-order valence-electron chi connectivity index (χ2n) is 5.05. The maximum atomic E-state index is 5.96. The maximum absolute atomic E-state index is 5.96. The summed E-state index contributed by atoms with van der Waals surface area (Å²) >= 11 is 0. The van der Waals surface area contributed by atoms with E-state index in [0.29, 0.717) is 12.0 Å². The molecule has 3 heteroatoms. The lowest BCUT2D eigenvalue weighted by Gasteiger charge is -2.31. The number of fused-ring (bicyclic) bond motifs is 3. The van der Waals surface area contributed by atoms with E-state index in [1.165, 1.54) is 23.2 Å². The van der Waals surface area contributed by atoms with E-state index in [1.807, 2.05) is 0 Å². The molecule has 0 spiro atoms. The predicted molar refractivity (Wildman–Crippen MR) is 68.0 cm³/mol. The van der Waals surface area contributed by atoms with Crippen molar-refractivity contribution in [1.29, 1.82) is 0 Å². The molecule has 2 heterocycles. The van der Waals surface area contributed by atoms with E-state index >= 15 is 0 Å². The van der Waals surface area contributed by atoms with Crippen LogP contribution in [0.3, 0.4) is 0 Å². The molecule has 1 fully saturated rings. The van der Waals surface area contributed by atoms with Crippen molar-refractivity contribution in [3.8, 4) is 0 Å². The van der Waals surface area contributed by atoms with E-state index in [2.05, 4.69) is 36.3 Å². The molecule has 0 radical (unpaired) electrons. The monoisotopic (exact) mass is 217 g/mol.